The van der Waals surface area contributed by atoms with Crippen molar-refractivity contribution < 1.29 is 28.7 Å². The molecule has 2 amide bonds. The molecule has 238 valence electrons. The van der Waals surface area contributed by atoms with Crippen molar-refractivity contribution in [1.82, 2.24) is 25.7 Å². The minimum absolute atomic E-state index is 0.0849. The number of nitrogens with one attached hydrogen (secondary N) is 2. The summed E-state index contributed by atoms with van der Waals surface area (Å²) in [5.41, 5.74) is 5.25. The van der Waals surface area contributed by atoms with Crippen LogP contribution in [-0.2, 0) is 20.9 Å². The summed E-state index contributed by atoms with van der Waals surface area (Å²) in [6, 6.07) is 6.88. The van der Waals surface area contributed by atoms with Crippen LogP contribution in [0.2, 0.25) is 0 Å². The lowest BCUT2D eigenvalue weighted by atomic mass is 9.91. The number of aliphatic hydroxyl groups is 1. The maximum atomic E-state index is 13.7. The highest BCUT2D eigenvalue weighted by molar-refractivity contribution is 7.13. The average molecular weight is 626 g/mol. The largest absolute Gasteiger partial charge is 0.491 e. The molecule has 4 heterocycles. The Labute approximate surface area is 262 Å². The van der Waals surface area contributed by atoms with E-state index in [2.05, 4.69) is 20.8 Å². The second kappa shape index (κ2) is 14.6. The van der Waals surface area contributed by atoms with E-state index >= 15 is 0 Å². The quantitative estimate of drug-likeness (QED) is 0.258. The number of carbonyl (C=O) groups excluding carboxylic acids is 2. The molecule has 1 unspecified atom stereocenters. The van der Waals surface area contributed by atoms with Gasteiger partial charge in [0.05, 0.1) is 40.6 Å². The van der Waals surface area contributed by atoms with Crippen LogP contribution in [0, 0.1) is 19.8 Å². The molecule has 44 heavy (non-hydrogen) atoms. The van der Waals surface area contributed by atoms with Crippen LogP contribution in [0.1, 0.15) is 61.7 Å². The highest BCUT2D eigenvalue weighted by Crippen LogP contribution is 2.33. The monoisotopic (exact) mass is 625 g/mol. The highest BCUT2D eigenvalue weighted by atomic mass is 32.1. The third-order valence-corrected chi connectivity index (χ3v) is 9.24. The summed E-state index contributed by atoms with van der Waals surface area (Å²) in [6.07, 6.45) is 1.59. The number of piperidine rings is 1. The Morgan fingerprint density at radius 3 is 2.68 bits per heavy atom. The third-order valence-electron chi connectivity index (χ3n) is 8.26. The minimum Gasteiger partial charge on any atom is -0.491 e. The number of thiazole rings is 1. The van der Waals surface area contributed by atoms with Crippen molar-refractivity contribution in [3.05, 3.63) is 52.5 Å². The fraction of sp³-hybridized carbons (Fsp3) is 0.562. The normalized spacial score (nSPS) is 19.8. The van der Waals surface area contributed by atoms with Crippen molar-refractivity contribution in [2.24, 2.45) is 5.92 Å². The molecule has 2 saturated heterocycles. The second-order valence-electron chi connectivity index (χ2n) is 12.0. The number of hydrogen-bond acceptors (Lipinski definition) is 10. The smallest absolute Gasteiger partial charge is 0.243 e. The molecule has 2 aliphatic heterocycles. The minimum atomic E-state index is -0.801. The number of ether oxygens (including phenoxy) is 2. The molecule has 0 bridgehead atoms. The Morgan fingerprint density at radius 2 is 2.00 bits per heavy atom. The number of carbonyl (C=O) groups is 2. The molecule has 0 saturated carbocycles. The molecule has 2 fully saturated rings. The predicted octanol–water partition coefficient (Wildman–Crippen LogP) is 3.58. The zero-order chi connectivity index (χ0) is 31.2. The molecule has 12 heteroatoms. The van der Waals surface area contributed by atoms with Gasteiger partial charge in [-0.3, -0.25) is 9.59 Å². The summed E-state index contributed by atoms with van der Waals surface area (Å²) in [5, 5.41) is 20.8. The van der Waals surface area contributed by atoms with Crippen LogP contribution in [0.4, 0.5) is 0 Å². The lowest BCUT2D eigenvalue weighted by molar-refractivity contribution is -0.141. The van der Waals surface area contributed by atoms with Crippen LogP contribution in [0.25, 0.3) is 10.4 Å². The molecule has 0 aliphatic carbocycles. The average Bonchev–Trinajstić information content (AvgIpc) is 3.74. The summed E-state index contributed by atoms with van der Waals surface area (Å²) in [4.78, 5) is 34.2. The lowest BCUT2D eigenvalue weighted by Gasteiger charge is -2.28. The molecule has 2 aliphatic rings. The molecule has 2 aromatic heterocycles. The number of nitrogens with zero attached hydrogens (tertiary/aromatic N) is 3. The molecule has 0 spiro atoms. The molecule has 1 aromatic carbocycles. The van der Waals surface area contributed by atoms with Crippen LogP contribution in [0.3, 0.4) is 0 Å². The van der Waals surface area contributed by atoms with Gasteiger partial charge in [-0.1, -0.05) is 31.1 Å². The zero-order valence-electron chi connectivity index (χ0n) is 25.9. The van der Waals surface area contributed by atoms with Crippen molar-refractivity contribution in [1.29, 1.82) is 0 Å². The summed E-state index contributed by atoms with van der Waals surface area (Å²) in [7, 11) is 0. The van der Waals surface area contributed by atoms with Crippen molar-refractivity contribution in [2.45, 2.75) is 77.7 Å². The molecular formula is C32H43N5O6S. The summed E-state index contributed by atoms with van der Waals surface area (Å²) in [6.45, 7) is 10.7. The summed E-state index contributed by atoms with van der Waals surface area (Å²) < 4.78 is 17.7. The van der Waals surface area contributed by atoms with Crippen LogP contribution in [0.15, 0.2) is 34.3 Å². The standard InChI is InChI=1S/C32H43N5O6S/c1-19(2)29(28-13-20(3)36-43-28)32(40)37-17-24(38)15-26(37)31(39)34-16-23-6-5-22(30-21(4)35-18-44-30)14-27(23)42-12-11-41-25-7-9-33-10-8-25/h5-6,13-14,18-19,24-26,29,33,38H,7-12,15-17H2,1-4H3,(H,34,39)/t24-,26+,29?/m1/s1. The molecule has 3 aromatic rings. The first kappa shape index (κ1) is 32.1. The Bertz CT molecular complexity index is 1420. The van der Waals surface area contributed by atoms with Gasteiger partial charge >= 0.3 is 0 Å². The summed E-state index contributed by atoms with van der Waals surface area (Å²) in [5.74, 6) is -0.152. The van der Waals surface area contributed by atoms with E-state index in [9.17, 15) is 14.7 Å². The number of aliphatic hydroxyl groups excluding tert-OH is 1. The van der Waals surface area contributed by atoms with Crippen molar-refractivity contribution >= 4 is 23.2 Å². The van der Waals surface area contributed by atoms with E-state index in [0.29, 0.717) is 30.4 Å². The van der Waals surface area contributed by atoms with E-state index in [4.69, 9.17) is 14.0 Å². The number of aromatic nitrogens is 2. The maximum absolute atomic E-state index is 13.7. The number of amides is 2. The predicted molar refractivity (Wildman–Crippen MR) is 166 cm³/mol. The molecule has 3 N–H and O–H groups in total. The lowest BCUT2D eigenvalue weighted by Crippen LogP contribution is -2.48. The first-order chi connectivity index (χ1) is 21.2. The van der Waals surface area contributed by atoms with Crippen LogP contribution >= 0.6 is 11.3 Å². The van der Waals surface area contributed by atoms with Gasteiger partial charge in [0.1, 0.15) is 30.1 Å². The van der Waals surface area contributed by atoms with Gasteiger partial charge < -0.3 is 34.6 Å². The first-order valence-electron chi connectivity index (χ1n) is 15.4. The fourth-order valence-electron chi connectivity index (χ4n) is 5.93. The highest BCUT2D eigenvalue weighted by Gasteiger charge is 2.43. The number of aryl methyl sites for hydroxylation is 2. The van der Waals surface area contributed by atoms with E-state index in [1.807, 2.05) is 44.5 Å². The SMILES string of the molecule is Cc1cc(C(C(=O)N2C[C@H](O)C[C@H]2C(=O)NCc2ccc(-c3scnc3C)cc2OCCOC2CCNCC2)C(C)C)on1. The molecular weight excluding hydrogens is 582 g/mol. The van der Waals surface area contributed by atoms with Gasteiger partial charge in [0.15, 0.2) is 0 Å². The second-order valence-corrected chi connectivity index (χ2v) is 12.8. The van der Waals surface area contributed by atoms with Gasteiger partial charge in [0.2, 0.25) is 11.8 Å². The first-order valence-corrected chi connectivity index (χ1v) is 16.3. The Kier molecular flexibility index (Phi) is 10.7. The number of rotatable bonds is 12. The molecule has 3 atom stereocenters. The van der Waals surface area contributed by atoms with Crippen LogP contribution in [0.5, 0.6) is 5.75 Å². The van der Waals surface area contributed by atoms with Gasteiger partial charge in [-0.05, 0) is 57.3 Å². The molecule has 11 nitrogen and oxygen atoms in total. The van der Waals surface area contributed by atoms with Gasteiger partial charge in [0, 0.05) is 31.1 Å². The van der Waals surface area contributed by atoms with Gasteiger partial charge in [0.25, 0.3) is 0 Å². The third kappa shape index (κ3) is 7.66. The number of benzene rings is 1. The van der Waals surface area contributed by atoms with Gasteiger partial charge in [-0.25, -0.2) is 4.98 Å². The van der Waals surface area contributed by atoms with E-state index in [1.165, 1.54) is 4.90 Å². The van der Waals surface area contributed by atoms with E-state index in [-0.39, 0.29) is 43.3 Å². The Hall–Kier alpha value is -3.32. The zero-order valence-corrected chi connectivity index (χ0v) is 26.7. The number of hydrogen-bond donors (Lipinski definition) is 3. The molecule has 5 rings (SSSR count). The van der Waals surface area contributed by atoms with Crippen molar-refractivity contribution in [2.75, 3.05) is 32.8 Å². The van der Waals surface area contributed by atoms with Crippen LogP contribution in [-0.4, -0.2) is 83.1 Å². The van der Waals surface area contributed by atoms with Crippen molar-refractivity contribution in [3.8, 4) is 16.2 Å². The Morgan fingerprint density at radius 1 is 1.20 bits per heavy atom. The maximum Gasteiger partial charge on any atom is 0.243 e. The van der Waals surface area contributed by atoms with Gasteiger partial charge in [-0.2, -0.15) is 0 Å². The topological polar surface area (TPSA) is 139 Å². The summed E-state index contributed by atoms with van der Waals surface area (Å²) >= 11 is 1.57. The van der Waals surface area contributed by atoms with Crippen LogP contribution < -0.4 is 15.4 Å². The van der Waals surface area contributed by atoms with E-state index in [1.54, 1.807) is 24.3 Å². The number of β-amino-alcohol motifs (C(OH)–C–C–N with tert-alkyl or cyclic N) is 1. The Balaban J connectivity index is 1.27. The van der Waals surface area contributed by atoms with E-state index in [0.717, 1.165) is 47.6 Å². The van der Waals surface area contributed by atoms with E-state index < -0.39 is 18.1 Å². The number of likely N-dealkylation sites (tertiary alicyclic amines) is 1. The van der Waals surface area contributed by atoms with Gasteiger partial charge in [-0.15, -0.1) is 11.3 Å². The fourth-order valence-corrected chi connectivity index (χ4v) is 6.74. The van der Waals surface area contributed by atoms with Crippen molar-refractivity contribution in [3.63, 3.8) is 0 Å². The molecule has 0 radical (unpaired) electrons.